The molecule has 0 unspecified atom stereocenters. The predicted molar refractivity (Wildman–Crippen MR) is 91.8 cm³/mol. The molecule has 0 aliphatic rings. The first-order valence-corrected chi connectivity index (χ1v) is 7.51. The molecule has 0 saturated carbocycles. The topological polar surface area (TPSA) is 65.2 Å². The van der Waals surface area contributed by atoms with Crippen molar-refractivity contribution in [1.82, 2.24) is 4.98 Å². The highest BCUT2D eigenvalue weighted by molar-refractivity contribution is 6.16. The molecule has 0 radical (unpaired) electrons. The first kappa shape index (κ1) is 15.0. The third-order valence-electron chi connectivity index (χ3n) is 3.51. The van der Waals surface area contributed by atoms with E-state index in [1.165, 1.54) is 0 Å². The maximum Gasteiger partial charge on any atom is 0.193 e. The SMILES string of the molecule is CC(C)Oc1ccc(C(=O)c2ccc(N)cc2)c2cccnc12. The first-order valence-electron chi connectivity index (χ1n) is 7.51. The summed E-state index contributed by atoms with van der Waals surface area (Å²) < 4.78 is 5.79. The van der Waals surface area contributed by atoms with E-state index >= 15 is 0 Å². The minimum absolute atomic E-state index is 0.0406. The van der Waals surface area contributed by atoms with Crippen molar-refractivity contribution in [2.24, 2.45) is 0 Å². The summed E-state index contributed by atoms with van der Waals surface area (Å²) >= 11 is 0. The fourth-order valence-electron chi connectivity index (χ4n) is 2.48. The molecule has 0 atom stereocenters. The molecule has 0 aliphatic carbocycles. The van der Waals surface area contributed by atoms with Gasteiger partial charge in [-0.05, 0) is 56.3 Å². The summed E-state index contributed by atoms with van der Waals surface area (Å²) in [6.45, 7) is 3.92. The quantitative estimate of drug-likeness (QED) is 0.587. The Balaban J connectivity index is 2.11. The first-order chi connectivity index (χ1) is 11.1. The van der Waals surface area contributed by atoms with Crippen LogP contribution < -0.4 is 10.5 Å². The number of nitrogen functional groups attached to an aromatic ring is 1. The highest BCUT2D eigenvalue weighted by Gasteiger charge is 2.16. The highest BCUT2D eigenvalue weighted by Crippen LogP contribution is 2.29. The molecule has 0 spiro atoms. The van der Waals surface area contributed by atoms with Crippen molar-refractivity contribution in [2.45, 2.75) is 20.0 Å². The van der Waals surface area contributed by atoms with Crippen molar-refractivity contribution in [2.75, 3.05) is 5.73 Å². The molecular formula is C19H18N2O2. The van der Waals surface area contributed by atoms with Gasteiger partial charge in [0, 0.05) is 28.4 Å². The van der Waals surface area contributed by atoms with Gasteiger partial charge in [0.25, 0.3) is 0 Å². The van der Waals surface area contributed by atoms with Gasteiger partial charge in [0.1, 0.15) is 11.3 Å². The predicted octanol–water partition coefficient (Wildman–Crippen LogP) is 3.84. The minimum Gasteiger partial charge on any atom is -0.489 e. The average Bonchev–Trinajstić information content (AvgIpc) is 2.55. The molecule has 2 aromatic carbocycles. The van der Waals surface area contributed by atoms with E-state index in [0.717, 1.165) is 5.39 Å². The lowest BCUT2D eigenvalue weighted by molar-refractivity contribution is 0.104. The molecule has 116 valence electrons. The maximum absolute atomic E-state index is 12.8. The van der Waals surface area contributed by atoms with Crippen LogP contribution in [0.1, 0.15) is 29.8 Å². The van der Waals surface area contributed by atoms with Gasteiger partial charge in [0.2, 0.25) is 0 Å². The van der Waals surface area contributed by atoms with Crippen molar-refractivity contribution in [3.63, 3.8) is 0 Å². The van der Waals surface area contributed by atoms with Gasteiger partial charge in [-0.2, -0.15) is 0 Å². The van der Waals surface area contributed by atoms with Gasteiger partial charge in [0.15, 0.2) is 5.78 Å². The Hall–Kier alpha value is -2.88. The summed E-state index contributed by atoms with van der Waals surface area (Å²) in [4.78, 5) is 17.2. The van der Waals surface area contributed by atoms with Crippen molar-refractivity contribution >= 4 is 22.4 Å². The second-order valence-electron chi connectivity index (χ2n) is 5.63. The fourth-order valence-corrected chi connectivity index (χ4v) is 2.48. The molecule has 0 saturated heterocycles. The van der Waals surface area contributed by atoms with Crippen molar-refractivity contribution in [3.05, 3.63) is 65.9 Å². The van der Waals surface area contributed by atoms with Gasteiger partial charge in [-0.1, -0.05) is 6.07 Å². The third-order valence-corrected chi connectivity index (χ3v) is 3.51. The Morgan fingerprint density at radius 1 is 1.09 bits per heavy atom. The van der Waals surface area contributed by atoms with Crippen molar-refractivity contribution in [1.29, 1.82) is 0 Å². The Kier molecular flexibility index (Phi) is 3.98. The molecule has 23 heavy (non-hydrogen) atoms. The smallest absolute Gasteiger partial charge is 0.193 e. The zero-order chi connectivity index (χ0) is 16.4. The van der Waals surface area contributed by atoms with Gasteiger partial charge >= 0.3 is 0 Å². The van der Waals surface area contributed by atoms with Crippen LogP contribution in [0.3, 0.4) is 0 Å². The van der Waals surface area contributed by atoms with Gasteiger partial charge in [0.05, 0.1) is 6.10 Å². The zero-order valence-corrected chi connectivity index (χ0v) is 13.1. The lowest BCUT2D eigenvalue weighted by atomic mass is 9.98. The third kappa shape index (κ3) is 3.01. The molecule has 3 aromatic rings. The molecule has 1 aromatic heterocycles. The van der Waals surface area contributed by atoms with Crippen LogP contribution in [0.15, 0.2) is 54.7 Å². The fraction of sp³-hybridized carbons (Fsp3) is 0.158. The normalized spacial score (nSPS) is 10.9. The minimum atomic E-state index is -0.0564. The van der Waals surface area contributed by atoms with Crippen LogP contribution in [-0.4, -0.2) is 16.9 Å². The summed E-state index contributed by atoms with van der Waals surface area (Å²) in [5.74, 6) is 0.628. The molecule has 1 heterocycles. The number of nitrogens with two attached hydrogens (primary N) is 1. The number of pyridine rings is 1. The summed E-state index contributed by atoms with van der Waals surface area (Å²) in [7, 11) is 0. The largest absolute Gasteiger partial charge is 0.489 e. The number of rotatable bonds is 4. The van der Waals surface area contributed by atoms with Crippen LogP contribution in [0.25, 0.3) is 10.9 Å². The van der Waals surface area contributed by atoms with Crippen molar-refractivity contribution < 1.29 is 9.53 Å². The number of carbonyl (C=O) groups excluding carboxylic acids is 1. The van der Waals surface area contributed by atoms with E-state index in [-0.39, 0.29) is 11.9 Å². The van der Waals surface area contributed by atoms with Crippen LogP contribution in [-0.2, 0) is 0 Å². The van der Waals surface area contributed by atoms with Crippen LogP contribution in [0, 0.1) is 0 Å². The van der Waals surface area contributed by atoms with Crippen LogP contribution >= 0.6 is 0 Å². The van der Waals surface area contributed by atoms with E-state index in [4.69, 9.17) is 10.5 Å². The second-order valence-corrected chi connectivity index (χ2v) is 5.63. The molecule has 0 aliphatic heterocycles. The molecule has 4 heteroatoms. The van der Waals surface area contributed by atoms with Crippen LogP contribution in [0.4, 0.5) is 5.69 Å². The van der Waals surface area contributed by atoms with E-state index in [9.17, 15) is 4.79 Å². The number of anilines is 1. The number of hydrogen-bond acceptors (Lipinski definition) is 4. The lowest BCUT2D eigenvalue weighted by Gasteiger charge is -2.13. The number of ketones is 1. The molecule has 0 fully saturated rings. The second kappa shape index (κ2) is 6.08. The van der Waals surface area contributed by atoms with Gasteiger partial charge in [-0.3, -0.25) is 9.78 Å². The monoisotopic (exact) mass is 306 g/mol. The molecular weight excluding hydrogens is 288 g/mol. The standard InChI is InChI=1S/C19H18N2O2/c1-12(2)23-17-10-9-16(15-4-3-11-21-18(15)17)19(22)13-5-7-14(20)8-6-13/h3-12H,20H2,1-2H3. The molecule has 0 bridgehead atoms. The molecule has 0 amide bonds. The number of nitrogens with zero attached hydrogens (tertiary/aromatic N) is 1. The Labute approximate surface area is 134 Å². The number of hydrogen-bond donors (Lipinski definition) is 1. The van der Waals surface area contributed by atoms with E-state index in [1.807, 2.05) is 26.0 Å². The average molecular weight is 306 g/mol. The van der Waals surface area contributed by atoms with Gasteiger partial charge in [-0.25, -0.2) is 0 Å². The van der Waals surface area contributed by atoms with E-state index in [2.05, 4.69) is 4.98 Å². The van der Waals surface area contributed by atoms with E-state index < -0.39 is 0 Å². The summed E-state index contributed by atoms with van der Waals surface area (Å²) in [5, 5.41) is 0.785. The summed E-state index contributed by atoms with van der Waals surface area (Å²) in [5.41, 5.74) is 8.22. The van der Waals surface area contributed by atoms with E-state index in [1.54, 1.807) is 42.6 Å². The number of carbonyl (C=O) groups is 1. The highest BCUT2D eigenvalue weighted by atomic mass is 16.5. The lowest BCUT2D eigenvalue weighted by Crippen LogP contribution is -2.08. The molecule has 3 rings (SSSR count). The van der Waals surface area contributed by atoms with Gasteiger partial charge < -0.3 is 10.5 Å². The van der Waals surface area contributed by atoms with Crippen molar-refractivity contribution in [3.8, 4) is 5.75 Å². The Morgan fingerprint density at radius 3 is 2.52 bits per heavy atom. The van der Waals surface area contributed by atoms with Gasteiger partial charge in [-0.15, -0.1) is 0 Å². The van der Waals surface area contributed by atoms with E-state index in [0.29, 0.717) is 28.1 Å². The Morgan fingerprint density at radius 2 is 1.83 bits per heavy atom. The molecule has 4 nitrogen and oxygen atoms in total. The number of benzene rings is 2. The Bertz CT molecular complexity index is 855. The maximum atomic E-state index is 12.8. The molecule has 2 N–H and O–H groups in total. The van der Waals surface area contributed by atoms with Crippen LogP contribution in [0.2, 0.25) is 0 Å². The number of fused-ring (bicyclic) bond motifs is 1. The van der Waals surface area contributed by atoms with Crippen LogP contribution in [0.5, 0.6) is 5.75 Å². The number of ether oxygens (including phenoxy) is 1. The summed E-state index contributed by atoms with van der Waals surface area (Å²) in [6.07, 6.45) is 1.74. The number of aromatic nitrogens is 1. The summed E-state index contributed by atoms with van der Waals surface area (Å²) in [6, 6.07) is 14.2. The zero-order valence-electron chi connectivity index (χ0n) is 13.1.